The zero-order valence-corrected chi connectivity index (χ0v) is 18.7. The van der Waals surface area contributed by atoms with E-state index >= 15 is 0 Å². The van der Waals surface area contributed by atoms with Crippen LogP contribution in [0.2, 0.25) is 0 Å². The molecule has 1 aliphatic heterocycles. The van der Waals surface area contributed by atoms with Crippen molar-refractivity contribution in [2.24, 2.45) is 0 Å². The summed E-state index contributed by atoms with van der Waals surface area (Å²) in [6, 6.07) is 10.0. The topological polar surface area (TPSA) is 93.1 Å². The van der Waals surface area contributed by atoms with Gasteiger partial charge in [-0.25, -0.2) is 9.37 Å². The first-order valence-electron chi connectivity index (χ1n) is 10.7. The minimum atomic E-state index is -0.772. The minimum Gasteiger partial charge on any atom is -0.620 e. The zero-order valence-electron chi connectivity index (χ0n) is 18.7. The third-order valence-electron chi connectivity index (χ3n) is 5.86. The number of quaternary nitrogens is 1. The van der Waals surface area contributed by atoms with E-state index in [0.29, 0.717) is 34.9 Å². The Morgan fingerprint density at radius 1 is 1.16 bits per heavy atom. The lowest BCUT2D eigenvalue weighted by molar-refractivity contribution is 0.281. The number of aromatic nitrogens is 2. The number of anilines is 1. The van der Waals surface area contributed by atoms with Crippen molar-refractivity contribution in [3.8, 4) is 11.3 Å². The van der Waals surface area contributed by atoms with Gasteiger partial charge in [-0.15, -0.1) is 0 Å². The summed E-state index contributed by atoms with van der Waals surface area (Å²) in [5.74, 6) is 0.280. The molecule has 2 aromatic carbocycles. The predicted octanol–water partition coefficient (Wildman–Crippen LogP) is 4.20. The number of aliphatic hydroxyl groups is 1. The fourth-order valence-electron chi connectivity index (χ4n) is 4.35. The van der Waals surface area contributed by atoms with Crippen molar-refractivity contribution in [1.29, 1.82) is 0 Å². The molecule has 168 valence electrons. The van der Waals surface area contributed by atoms with E-state index in [4.69, 9.17) is 4.98 Å². The first-order chi connectivity index (χ1) is 15.2. The lowest BCUT2D eigenvalue weighted by atomic mass is 9.99. The summed E-state index contributed by atoms with van der Waals surface area (Å²) in [5, 5.41) is 30.3. The molecule has 0 radical (unpaired) electrons. The Labute approximate surface area is 187 Å². The van der Waals surface area contributed by atoms with Gasteiger partial charge in [-0.05, 0) is 51.5 Å². The van der Waals surface area contributed by atoms with Gasteiger partial charge in [-0.3, -0.25) is 9.96 Å². The molecule has 3 N–H and O–H groups in total. The molecule has 1 aliphatic rings. The number of hydrogen-bond donors (Lipinski definition) is 3. The molecular weight excluding hydrogens is 409 g/mol. The van der Waals surface area contributed by atoms with Gasteiger partial charge in [0.15, 0.2) is 0 Å². The van der Waals surface area contributed by atoms with Crippen molar-refractivity contribution in [2.75, 3.05) is 18.6 Å². The molecule has 1 unspecified atom stereocenters. The highest BCUT2D eigenvalue weighted by atomic mass is 19.1. The van der Waals surface area contributed by atoms with Crippen LogP contribution in [-0.4, -0.2) is 34.4 Å². The Balaban J connectivity index is 2.00. The molecule has 0 saturated carbocycles. The molecule has 2 heterocycles. The highest BCUT2D eigenvalue weighted by Gasteiger charge is 2.37. The summed E-state index contributed by atoms with van der Waals surface area (Å²) in [6.45, 7) is 7.91. The predicted molar refractivity (Wildman–Crippen MR) is 125 cm³/mol. The number of aliphatic hydroxyl groups excluding tert-OH is 1. The highest BCUT2D eigenvalue weighted by molar-refractivity contribution is 5.76. The number of benzene rings is 2. The summed E-state index contributed by atoms with van der Waals surface area (Å²) in [4.78, 5) is 9.35. The molecule has 0 aliphatic carbocycles. The smallest absolute Gasteiger partial charge is 0.243 e. The first-order valence-corrected chi connectivity index (χ1v) is 10.7. The first kappa shape index (κ1) is 22.3. The molecule has 0 amide bonds. The van der Waals surface area contributed by atoms with Crippen LogP contribution in [0.4, 0.5) is 21.8 Å². The molecule has 32 heavy (non-hydrogen) atoms. The number of aryl methyl sites for hydroxylation is 3. The molecule has 8 heteroatoms. The van der Waals surface area contributed by atoms with Gasteiger partial charge in [0.2, 0.25) is 11.8 Å². The lowest BCUT2D eigenvalue weighted by Gasteiger charge is -2.45. The van der Waals surface area contributed by atoms with Crippen molar-refractivity contribution in [3.63, 3.8) is 0 Å². The standard InChI is InChI=1S/C24H28FN5O2/c1-14-6-5-7-15(2)22(14)30(32)13-26-11-20-21(19-9-8-18(25)10-16(19)3)28-24(29-23(20)30)27-17(4)12-31/h5-10,17,26,31H,11-13H2,1-4H3,(H,27,28,29)/t17-,30?/m1/s1. The van der Waals surface area contributed by atoms with Gasteiger partial charge in [0.1, 0.15) is 18.2 Å². The number of nitrogens with one attached hydrogen (secondary N) is 2. The molecule has 0 spiro atoms. The van der Waals surface area contributed by atoms with E-state index in [1.165, 1.54) is 12.1 Å². The van der Waals surface area contributed by atoms with Crippen molar-refractivity contribution >= 4 is 17.5 Å². The second-order valence-electron chi connectivity index (χ2n) is 8.45. The summed E-state index contributed by atoms with van der Waals surface area (Å²) >= 11 is 0. The molecule has 7 nitrogen and oxygen atoms in total. The van der Waals surface area contributed by atoms with Crippen molar-refractivity contribution < 1.29 is 9.50 Å². The van der Waals surface area contributed by atoms with Crippen LogP contribution in [-0.2, 0) is 6.54 Å². The number of hydroxylamine groups is 1. The number of nitrogens with zero attached hydrogens (tertiary/aromatic N) is 3. The van der Waals surface area contributed by atoms with Gasteiger partial charge < -0.3 is 15.6 Å². The maximum absolute atomic E-state index is 14.5. The fourth-order valence-corrected chi connectivity index (χ4v) is 4.35. The fraction of sp³-hybridized carbons (Fsp3) is 0.333. The van der Waals surface area contributed by atoms with Crippen molar-refractivity contribution in [3.05, 3.63) is 69.7 Å². The van der Waals surface area contributed by atoms with Gasteiger partial charge in [0.05, 0.1) is 17.9 Å². The van der Waals surface area contributed by atoms with Crippen LogP contribution in [0.3, 0.4) is 0 Å². The monoisotopic (exact) mass is 437 g/mol. The quantitative estimate of drug-likeness (QED) is 0.409. The van der Waals surface area contributed by atoms with E-state index in [0.717, 1.165) is 16.7 Å². The Bertz CT molecular complexity index is 1150. The van der Waals surface area contributed by atoms with Crippen LogP contribution < -0.4 is 15.3 Å². The Kier molecular flexibility index (Phi) is 5.96. The Hall–Kier alpha value is -2.91. The van der Waals surface area contributed by atoms with Gasteiger partial charge in [0, 0.05) is 29.3 Å². The zero-order chi connectivity index (χ0) is 23.0. The van der Waals surface area contributed by atoms with Gasteiger partial charge in [-0.2, -0.15) is 4.98 Å². The summed E-state index contributed by atoms with van der Waals surface area (Å²) in [5.41, 5.74) is 5.12. The van der Waals surface area contributed by atoms with Gasteiger partial charge >= 0.3 is 0 Å². The minimum absolute atomic E-state index is 0.110. The summed E-state index contributed by atoms with van der Waals surface area (Å²) in [6.07, 6.45) is 0. The Morgan fingerprint density at radius 2 is 1.88 bits per heavy atom. The van der Waals surface area contributed by atoms with Crippen LogP contribution in [0.25, 0.3) is 11.3 Å². The van der Waals surface area contributed by atoms with E-state index < -0.39 is 4.65 Å². The van der Waals surface area contributed by atoms with Crippen molar-refractivity contribution in [1.82, 2.24) is 19.9 Å². The van der Waals surface area contributed by atoms with Crippen LogP contribution in [0.1, 0.15) is 29.2 Å². The highest BCUT2D eigenvalue weighted by Crippen LogP contribution is 2.43. The number of fused-ring (bicyclic) bond motifs is 1. The summed E-state index contributed by atoms with van der Waals surface area (Å²) < 4.78 is 13.0. The van der Waals surface area contributed by atoms with Crippen molar-refractivity contribution in [2.45, 2.75) is 40.3 Å². The third-order valence-corrected chi connectivity index (χ3v) is 5.86. The molecule has 4 rings (SSSR count). The largest absolute Gasteiger partial charge is 0.620 e. The molecule has 0 fully saturated rings. The van der Waals surface area contributed by atoms with Gasteiger partial charge in [-0.1, -0.05) is 18.2 Å². The number of hydrogen-bond acceptors (Lipinski definition) is 6. The molecule has 1 aromatic heterocycles. The lowest BCUT2D eigenvalue weighted by Crippen LogP contribution is -2.51. The second-order valence-corrected chi connectivity index (χ2v) is 8.45. The number of halogens is 1. The molecule has 3 aromatic rings. The van der Waals surface area contributed by atoms with E-state index in [1.807, 2.05) is 39.0 Å². The van der Waals surface area contributed by atoms with Crippen LogP contribution in [0.15, 0.2) is 36.4 Å². The van der Waals surface area contributed by atoms with Crippen LogP contribution in [0, 0.1) is 31.8 Å². The maximum Gasteiger partial charge on any atom is 0.243 e. The Morgan fingerprint density at radius 3 is 2.53 bits per heavy atom. The SMILES string of the molecule is Cc1cc(F)ccc1-c1nc(N[C@H](C)CO)nc2c1CNC[N+]2([O-])c1c(C)cccc1C. The van der Waals surface area contributed by atoms with E-state index in [9.17, 15) is 14.7 Å². The molecule has 0 bridgehead atoms. The third kappa shape index (κ3) is 3.86. The van der Waals surface area contributed by atoms with E-state index in [-0.39, 0.29) is 31.1 Å². The van der Waals surface area contributed by atoms with Crippen LogP contribution >= 0.6 is 0 Å². The maximum atomic E-state index is 14.5. The number of rotatable bonds is 5. The molecule has 2 atom stereocenters. The second kappa shape index (κ2) is 8.55. The van der Waals surface area contributed by atoms with E-state index in [1.54, 1.807) is 13.0 Å². The molecular formula is C24H28FN5O2. The average Bonchev–Trinajstić information content (AvgIpc) is 2.74. The number of para-hydroxylation sites is 1. The molecule has 0 saturated heterocycles. The average molecular weight is 438 g/mol. The van der Waals surface area contributed by atoms with Gasteiger partial charge in [0.25, 0.3) is 0 Å². The van der Waals surface area contributed by atoms with E-state index in [2.05, 4.69) is 15.6 Å². The summed E-state index contributed by atoms with van der Waals surface area (Å²) in [7, 11) is 0. The normalized spacial score (nSPS) is 18.8. The van der Waals surface area contributed by atoms with Crippen LogP contribution in [0.5, 0.6) is 0 Å².